The first-order valence-electron chi connectivity index (χ1n) is 9.85. The molecule has 0 atom stereocenters. The van der Waals surface area contributed by atoms with Crippen molar-refractivity contribution in [2.45, 2.75) is 44.9 Å². The Morgan fingerprint density at radius 2 is 1.25 bits per heavy atom. The number of benzene rings is 2. The zero-order valence-corrected chi connectivity index (χ0v) is 19.3. The van der Waals surface area contributed by atoms with Crippen LogP contribution >= 0.6 is 22.6 Å². The third-order valence-corrected chi connectivity index (χ3v) is 5.44. The molecule has 2 rings (SSSR count). The molecule has 0 aromatic heterocycles. The van der Waals surface area contributed by atoms with Crippen molar-refractivity contribution in [3.05, 3.63) is 45.5 Å². The van der Waals surface area contributed by atoms with Crippen LogP contribution in [0.5, 0.6) is 23.0 Å². The van der Waals surface area contributed by atoms with Crippen LogP contribution in [-0.4, -0.2) is 27.9 Å². The summed E-state index contributed by atoms with van der Waals surface area (Å²) in [6.07, 6.45) is 8.07. The van der Waals surface area contributed by atoms with E-state index in [9.17, 15) is 0 Å². The fraction of sp³-hybridized carbons (Fsp3) is 0.478. The Morgan fingerprint density at radius 3 is 1.82 bits per heavy atom. The summed E-state index contributed by atoms with van der Waals surface area (Å²) in [5.41, 5.74) is 1.12. The fourth-order valence-corrected chi connectivity index (χ4v) is 3.52. The van der Waals surface area contributed by atoms with Gasteiger partial charge in [-0.2, -0.15) is 0 Å². The van der Waals surface area contributed by atoms with Crippen molar-refractivity contribution in [2.24, 2.45) is 0 Å². The zero-order chi connectivity index (χ0) is 20.2. The van der Waals surface area contributed by atoms with E-state index in [2.05, 4.69) is 34.7 Å². The minimum absolute atomic E-state index is 0.755. The van der Waals surface area contributed by atoms with E-state index in [1.165, 1.54) is 29.3 Å². The van der Waals surface area contributed by atoms with E-state index in [0.717, 1.165) is 54.4 Å². The van der Waals surface area contributed by atoms with Gasteiger partial charge >= 0.3 is 0 Å². The molecule has 0 saturated carbocycles. The minimum atomic E-state index is 0.755. The highest BCUT2D eigenvalue weighted by atomic mass is 127. The smallest absolute Gasteiger partial charge is 0.129 e. The topological polar surface area (TPSA) is 36.9 Å². The van der Waals surface area contributed by atoms with Gasteiger partial charge in [-0.15, -0.1) is 0 Å². The fourth-order valence-electron chi connectivity index (χ4n) is 3.16. The van der Waals surface area contributed by atoms with Gasteiger partial charge in [-0.3, -0.25) is 0 Å². The average molecular weight is 498 g/mol. The summed E-state index contributed by atoms with van der Waals surface area (Å²) >= 11 is 2.30. The molecule has 0 radical (unpaired) electrons. The SMILES string of the molecule is COc1cc(OC)c(CCCCCCCCOc2ccc(I)cc2)c(OC)c1. The van der Waals surface area contributed by atoms with Gasteiger partial charge in [-0.25, -0.2) is 0 Å². The molecule has 0 heterocycles. The van der Waals surface area contributed by atoms with E-state index in [1.54, 1.807) is 21.3 Å². The van der Waals surface area contributed by atoms with Crippen molar-refractivity contribution in [1.29, 1.82) is 0 Å². The molecule has 0 N–H and O–H groups in total. The molecule has 0 aliphatic carbocycles. The molecule has 0 saturated heterocycles. The maximum atomic E-state index is 5.78. The summed E-state index contributed by atoms with van der Waals surface area (Å²) in [7, 11) is 5.03. The molecule has 2 aromatic rings. The van der Waals surface area contributed by atoms with Gasteiger partial charge in [-0.1, -0.05) is 25.7 Å². The van der Waals surface area contributed by atoms with Crippen LogP contribution in [0, 0.1) is 3.57 Å². The number of halogens is 1. The standard InChI is InChI=1S/C23H31IO4/c1-25-20-16-22(26-2)21(23(17-20)27-3)10-8-6-4-5-7-9-15-28-19-13-11-18(24)12-14-19/h11-14,16-17H,4-10,15H2,1-3H3. The molecule has 2 aromatic carbocycles. The summed E-state index contributed by atoms with van der Waals surface area (Å²) in [4.78, 5) is 0. The van der Waals surface area contributed by atoms with E-state index in [-0.39, 0.29) is 0 Å². The molecule has 0 aliphatic heterocycles. The van der Waals surface area contributed by atoms with Gasteiger partial charge in [0.05, 0.1) is 27.9 Å². The lowest BCUT2D eigenvalue weighted by Gasteiger charge is -2.15. The lowest BCUT2D eigenvalue weighted by atomic mass is 10.0. The number of ether oxygens (including phenoxy) is 4. The minimum Gasteiger partial charge on any atom is -0.496 e. The van der Waals surface area contributed by atoms with E-state index in [4.69, 9.17) is 18.9 Å². The van der Waals surface area contributed by atoms with Crippen LogP contribution in [0.15, 0.2) is 36.4 Å². The Hall–Kier alpha value is -1.63. The third-order valence-electron chi connectivity index (χ3n) is 4.72. The number of hydrogen-bond donors (Lipinski definition) is 0. The highest BCUT2D eigenvalue weighted by Gasteiger charge is 2.12. The Morgan fingerprint density at radius 1 is 0.679 bits per heavy atom. The van der Waals surface area contributed by atoms with Gasteiger partial charge in [0.2, 0.25) is 0 Å². The molecular formula is C23H31IO4. The highest BCUT2D eigenvalue weighted by molar-refractivity contribution is 14.1. The largest absolute Gasteiger partial charge is 0.496 e. The highest BCUT2D eigenvalue weighted by Crippen LogP contribution is 2.35. The van der Waals surface area contributed by atoms with Gasteiger partial charge in [0.25, 0.3) is 0 Å². The number of rotatable bonds is 13. The van der Waals surface area contributed by atoms with Crippen LogP contribution in [0.25, 0.3) is 0 Å². The maximum absolute atomic E-state index is 5.78. The van der Waals surface area contributed by atoms with Gasteiger partial charge < -0.3 is 18.9 Å². The second-order valence-electron chi connectivity index (χ2n) is 6.68. The van der Waals surface area contributed by atoms with E-state index < -0.39 is 0 Å². The molecule has 0 spiro atoms. The van der Waals surface area contributed by atoms with Gasteiger partial charge in [-0.05, 0) is 66.1 Å². The quantitative estimate of drug-likeness (QED) is 0.241. The summed E-state index contributed by atoms with van der Waals surface area (Å²) in [6.45, 7) is 0.792. The second kappa shape index (κ2) is 12.8. The van der Waals surface area contributed by atoms with Crippen LogP contribution in [0.2, 0.25) is 0 Å². The maximum Gasteiger partial charge on any atom is 0.129 e. The van der Waals surface area contributed by atoms with Crippen molar-refractivity contribution in [3.63, 3.8) is 0 Å². The van der Waals surface area contributed by atoms with Crippen LogP contribution in [0.3, 0.4) is 0 Å². The summed E-state index contributed by atoms with van der Waals surface area (Å²) < 4.78 is 23.4. The Kier molecular flexibility index (Phi) is 10.3. The third kappa shape index (κ3) is 7.41. The van der Waals surface area contributed by atoms with Gasteiger partial charge in [0.1, 0.15) is 23.0 Å². The molecule has 0 aliphatic rings. The first kappa shape index (κ1) is 22.7. The molecule has 5 heteroatoms. The number of unbranched alkanes of at least 4 members (excludes halogenated alkanes) is 5. The molecule has 154 valence electrons. The van der Waals surface area contributed by atoms with Gasteiger partial charge in [0, 0.05) is 21.3 Å². The van der Waals surface area contributed by atoms with Crippen molar-refractivity contribution in [1.82, 2.24) is 0 Å². The summed E-state index contributed by atoms with van der Waals surface area (Å²) in [5.74, 6) is 3.39. The van der Waals surface area contributed by atoms with Crippen LogP contribution in [-0.2, 0) is 6.42 Å². The normalized spacial score (nSPS) is 10.6. The number of methoxy groups -OCH3 is 3. The molecule has 0 amide bonds. The number of hydrogen-bond acceptors (Lipinski definition) is 4. The Labute approximate surface area is 182 Å². The lowest BCUT2D eigenvalue weighted by molar-refractivity contribution is 0.304. The Bertz CT molecular complexity index is 675. The molecule has 28 heavy (non-hydrogen) atoms. The first-order valence-corrected chi connectivity index (χ1v) is 10.9. The predicted octanol–water partition coefficient (Wildman–Crippen LogP) is 6.28. The molecule has 0 fully saturated rings. The Balaban J connectivity index is 1.62. The van der Waals surface area contributed by atoms with Crippen molar-refractivity contribution >= 4 is 22.6 Å². The predicted molar refractivity (Wildman–Crippen MR) is 122 cm³/mol. The van der Waals surface area contributed by atoms with Crippen molar-refractivity contribution in [3.8, 4) is 23.0 Å². The van der Waals surface area contributed by atoms with Crippen LogP contribution < -0.4 is 18.9 Å². The zero-order valence-electron chi connectivity index (χ0n) is 17.1. The second-order valence-corrected chi connectivity index (χ2v) is 7.93. The summed E-state index contributed by atoms with van der Waals surface area (Å²) in [6, 6.07) is 12.1. The van der Waals surface area contributed by atoms with Crippen molar-refractivity contribution < 1.29 is 18.9 Å². The van der Waals surface area contributed by atoms with Crippen LogP contribution in [0.4, 0.5) is 0 Å². The van der Waals surface area contributed by atoms with Gasteiger partial charge in [0.15, 0.2) is 0 Å². The van der Waals surface area contributed by atoms with E-state index in [0.29, 0.717) is 0 Å². The molecule has 4 nitrogen and oxygen atoms in total. The molecule has 0 bridgehead atoms. The van der Waals surface area contributed by atoms with Crippen molar-refractivity contribution in [2.75, 3.05) is 27.9 Å². The molecular weight excluding hydrogens is 467 g/mol. The molecule has 0 unspecified atom stereocenters. The van der Waals surface area contributed by atoms with E-state index in [1.807, 2.05) is 24.3 Å². The summed E-state index contributed by atoms with van der Waals surface area (Å²) in [5, 5.41) is 0. The van der Waals surface area contributed by atoms with Crippen LogP contribution in [0.1, 0.15) is 44.1 Å². The van der Waals surface area contributed by atoms with E-state index >= 15 is 0 Å². The average Bonchev–Trinajstić information content (AvgIpc) is 2.73. The monoisotopic (exact) mass is 498 g/mol. The lowest BCUT2D eigenvalue weighted by Crippen LogP contribution is -1.99. The first-order chi connectivity index (χ1) is 13.7.